The predicted molar refractivity (Wildman–Crippen MR) is 111 cm³/mol. The third-order valence-corrected chi connectivity index (χ3v) is 4.27. The van der Waals surface area contributed by atoms with Crippen LogP contribution in [0.25, 0.3) is 6.08 Å². The zero-order chi connectivity index (χ0) is 20.6. The lowest BCUT2D eigenvalue weighted by atomic mass is 10.1. The van der Waals surface area contributed by atoms with Gasteiger partial charge in [0.05, 0.1) is 0 Å². The molecule has 0 saturated carbocycles. The molecular weight excluding hydrogens is 367 g/mol. The molecule has 3 aromatic carbocycles. The third kappa shape index (κ3) is 5.53. The monoisotopic (exact) mass is 386 g/mol. The molecule has 0 heterocycles. The molecule has 0 saturated heterocycles. The lowest BCUT2D eigenvalue weighted by molar-refractivity contribution is -0.112. The summed E-state index contributed by atoms with van der Waals surface area (Å²) in [6.45, 7) is 2.20. The summed E-state index contributed by atoms with van der Waals surface area (Å²) in [6, 6.07) is 22.5. The van der Waals surface area contributed by atoms with Crippen LogP contribution in [0.5, 0.6) is 5.75 Å². The second-order valence-electron chi connectivity index (χ2n) is 6.42. The molecule has 0 aliphatic heterocycles. The summed E-state index contributed by atoms with van der Waals surface area (Å²) in [5.74, 6) is -0.113. The van der Waals surface area contributed by atoms with Gasteiger partial charge in [0.1, 0.15) is 29.8 Å². The molecule has 0 spiro atoms. The van der Waals surface area contributed by atoms with Crippen LogP contribution in [0.1, 0.15) is 16.7 Å². The highest BCUT2D eigenvalue weighted by Crippen LogP contribution is 2.18. The molecule has 0 aliphatic rings. The van der Waals surface area contributed by atoms with Crippen LogP contribution >= 0.6 is 0 Å². The molecule has 1 amide bonds. The number of carbonyl (C=O) groups is 1. The minimum absolute atomic E-state index is 0.00762. The number of nitrogens with one attached hydrogen (secondary N) is 1. The highest BCUT2D eigenvalue weighted by molar-refractivity contribution is 6.09. The largest absolute Gasteiger partial charge is 0.489 e. The molecule has 0 aromatic heterocycles. The highest BCUT2D eigenvalue weighted by atomic mass is 19.1. The van der Waals surface area contributed by atoms with Gasteiger partial charge in [-0.1, -0.05) is 42.5 Å². The van der Waals surface area contributed by atoms with Crippen molar-refractivity contribution in [2.75, 3.05) is 5.32 Å². The number of anilines is 1. The predicted octanol–water partition coefficient (Wildman–Crippen LogP) is 5.26. The third-order valence-electron chi connectivity index (χ3n) is 4.27. The maximum absolute atomic E-state index is 12.9. The fourth-order valence-corrected chi connectivity index (χ4v) is 2.63. The SMILES string of the molecule is Cc1ccccc1NC(=O)C(C#N)=Cc1ccc(OCc2ccc(F)cc2)cc1. The number of hydrogen-bond acceptors (Lipinski definition) is 3. The van der Waals surface area contributed by atoms with E-state index in [-0.39, 0.29) is 11.4 Å². The van der Waals surface area contributed by atoms with Crippen molar-refractivity contribution >= 4 is 17.7 Å². The first-order valence-electron chi connectivity index (χ1n) is 9.01. The van der Waals surface area contributed by atoms with Gasteiger partial charge in [-0.15, -0.1) is 0 Å². The van der Waals surface area contributed by atoms with Gasteiger partial charge in [0.15, 0.2) is 0 Å². The van der Waals surface area contributed by atoms with Gasteiger partial charge < -0.3 is 10.1 Å². The van der Waals surface area contributed by atoms with Crippen LogP contribution < -0.4 is 10.1 Å². The molecule has 1 N–H and O–H groups in total. The molecule has 4 nitrogen and oxygen atoms in total. The molecule has 3 rings (SSSR count). The van der Waals surface area contributed by atoms with Crippen LogP contribution in [0.3, 0.4) is 0 Å². The van der Waals surface area contributed by atoms with Crippen molar-refractivity contribution in [2.45, 2.75) is 13.5 Å². The first-order chi connectivity index (χ1) is 14.0. The Balaban J connectivity index is 1.65. The van der Waals surface area contributed by atoms with Gasteiger partial charge in [0.25, 0.3) is 5.91 Å². The summed E-state index contributed by atoms with van der Waals surface area (Å²) in [7, 11) is 0. The first-order valence-corrected chi connectivity index (χ1v) is 9.01. The fraction of sp³-hybridized carbons (Fsp3) is 0.0833. The molecule has 0 atom stereocenters. The number of aryl methyl sites for hydroxylation is 1. The van der Waals surface area contributed by atoms with E-state index in [1.807, 2.05) is 31.2 Å². The average Bonchev–Trinajstić information content (AvgIpc) is 2.74. The zero-order valence-corrected chi connectivity index (χ0v) is 15.9. The normalized spacial score (nSPS) is 10.9. The van der Waals surface area contributed by atoms with Gasteiger partial charge in [-0.05, 0) is 60.0 Å². The van der Waals surface area contributed by atoms with E-state index in [1.165, 1.54) is 18.2 Å². The van der Waals surface area contributed by atoms with E-state index >= 15 is 0 Å². The molecule has 0 bridgehead atoms. The number of rotatable bonds is 6. The number of carbonyl (C=O) groups excluding carboxylic acids is 1. The van der Waals surface area contributed by atoms with Crippen molar-refractivity contribution in [1.82, 2.24) is 0 Å². The summed E-state index contributed by atoms with van der Waals surface area (Å²) >= 11 is 0. The summed E-state index contributed by atoms with van der Waals surface area (Å²) in [5, 5.41) is 12.1. The Bertz CT molecular complexity index is 1070. The van der Waals surface area contributed by atoms with E-state index in [0.29, 0.717) is 23.6 Å². The quantitative estimate of drug-likeness (QED) is 0.464. The van der Waals surface area contributed by atoms with Crippen molar-refractivity contribution in [3.63, 3.8) is 0 Å². The second kappa shape index (κ2) is 9.34. The van der Waals surface area contributed by atoms with Crippen molar-refractivity contribution in [3.8, 4) is 11.8 Å². The lowest BCUT2D eigenvalue weighted by Gasteiger charge is -2.08. The fourth-order valence-electron chi connectivity index (χ4n) is 2.63. The Morgan fingerprint density at radius 1 is 1.07 bits per heavy atom. The van der Waals surface area contributed by atoms with Gasteiger partial charge >= 0.3 is 0 Å². The van der Waals surface area contributed by atoms with Gasteiger partial charge in [0, 0.05) is 5.69 Å². The average molecular weight is 386 g/mol. The first kappa shape index (κ1) is 19.8. The topological polar surface area (TPSA) is 62.1 Å². The van der Waals surface area contributed by atoms with Crippen LogP contribution in [-0.2, 0) is 11.4 Å². The summed E-state index contributed by atoms with van der Waals surface area (Å²) in [4.78, 5) is 12.4. The van der Waals surface area contributed by atoms with Crippen LogP contribution in [0.4, 0.5) is 10.1 Å². The standard InChI is InChI=1S/C24H19FN2O2/c1-17-4-2-3-5-23(17)27-24(28)20(15-26)14-18-8-12-22(13-9-18)29-16-19-6-10-21(25)11-7-19/h2-14H,16H2,1H3,(H,27,28). The molecule has 0 unspecified atom stereocenters. The summed E-state index contributed by atoms with van der Waals surface area (Å²) in [5.41, 5.74) is 3.16. The number of amides is 1. The maximum atomic E-state index is 12.9. The Morgan fingerprint density at radius 2 is 1.76 bits per heavy atom. The Labute approximate surface area is 168 Å². The molecule has 5 heteroatoms. The molecule has 144 valence electrons. The van der Waals surface area contributed by atoms with E-state index in [9.17, 15) is 14.4 Å². The van der Waals surface area contributed by atoms with Crippen molar-refractivity contribution in [3.05, 3.63) is 101 Å². The van der Waals surface area contributed by atoms with E-state index in [2.05, 4.69) is 5.32 Å². The smallest absolute Gasteiger partial charge is 0.266 e. The summed E-state index contributed by atoms with van der Waals surface area (Å²) in [6.07, 6.45) is 1.53. The molecule has 0 fully saturated rings. The number of benzene rings is 3. The molecule has 0 aliphatic carbocycles. The number of halogens is 1. The van der Waals surface area contributed by atoms with E-state index < -0.39 is 5.91 Å². The Kier molecular flexibility index (Phi) is 6.39. The van der Waals surface area contributed by atoms with Gasteiger partial charge in [-0.3, -0.25) is 4.79 Å². The number of nitrogens with zero attached hydrogens (tertiary/aromatic N) is 1. The van der Waals surface area contributed by atoms with Gasteiger partial charge in [0.2, 0.25) is 0 Å². The Morgan fingerprint density at radius 3 is 2.41 bits per heavy atom. The van der Waals surface area contributed by atoms with Crippen LogP contribution in [0, 0.1) is 24.1 Å². The minimum atomic E-state index is -0.460. The van der Waals surface area contributed by atoms with E-state index in [0.717, 1.165) is 11.1 Å². The van der Waals surface area contributed by atoms with Gasteiger partial charge in [-0.2, -0.15) is 5.26 Å². The van der Waals surface area contributed by atoms with Gasteiger partial charge in [-0.25, -0.2) is 4.39 Å². The number of hydrogen-bond donors (Lipinski definition) is 1. The minimum Gasteiger partial charge on any atom is -0.489 e. The van der Waals surface area contributed by atoms with Crippen molar-refractivity contribution in [2.24, 2.45) is 0 Å². The molecule has 0 radical (unpaired) electrons. The highest BCUT2D eigenvalue weighted by Gasteiger charge is 2.10. The Hall–Kier alpha value is -3.91. The molecule has 3 aromatic rings. The van der Waals surface area contributed by atoms with Crippen LogP contribution in [0.15, 0.2) is 78.4 Å². The van der Waals surface area contributed by atoms with E-state index in [4.69, 9.17) is 4.74 Å². The molecular formula is C24H19FN2O2. The number of para-hydroxylation sites is 1. The maximum Gasteiger partial charge on any atom is 0.266 e. The lowest BCUT2D eigenvalue weighted by Crippen LogP contribution is -2.14. The summed E-state index contributed by atoms with van der Waals surface area (Å²) < 4.78 is 18.6. The van der Waals surface area contributed by atoms with E-state index in [1.54, 1.807) is 42.5 Å². The van der Waals surface area contributed by atoms with Crippen molar-refractivity contribution < 1.29 is 13.9 Å². The second-order valence-corrected chi connectivity index (χ2v) is 6.42. The van der Waals surface area contributed by atoms with Crippen molar-refractivity contribution in [1.29, 1.82) is 5.26 Å². The van der Waals surface area contributed by atoms with Crippen LogP contribution in [-0.4, -0.2) is 5.91 Å². The number of nitriles is 1. The zero-order valence-electron chi connectivity index (χ0n) is 15.9. The molecule has 29 heavy (non-hydrogen) atoms. The van der Waals surface area contributed by atoms with Crippen LogP contribution in [0.2, 0.25) is 0 Å². The number of ether oxygens (including phenoxy) is 1.